The number of benzene rings is 1. The van der Waals surface area contributed by atoms with E-state index >= 15 is 0 Å². The minimum Gasteiger partial charge on any atom is -0.356 e. The number of aliphatic imine (C=N–C) groups is 1. The molecule has 0 saturated heterocycles. The maximum Gasteiger partial charge on any atom is 0.191 e. The Bertz CT molecular complexity index is 727. The summed E-state index contributed by atoms with van der Waals surface area (Å²) >= 11 is 1.71. The van der Waals surface area contributed by atoms with E-state index in [1.807, 2.05) is 18.3 Å². The number of hydrogen-bond acceptors (Lipinski definition) is 3. The van der Waals surface area contributed by atoms with E-state index in [0.717, 1.165) is 35.8 Å². The minimum absolute atomic E-state index is 0. The van der Waals surface area contributed by atoms with Gasteiger partial charge in [-0.1, -0.05) is 25.1 Å². The molecule has 0 radical (unpaired) electrons. The molecule has 1 aliphatic carbocycles. The van der Waals surface area contributed by atoms with E-state index in [0.29, 0.717) is 13.1 Å². The lowest BCUT2D eigenvalue weighted by molar-refractivity contribution is 0.559. The molecule has 3 rings (SSSR count). The SMILES string of the molecule is CCc1cnc(CNC(=NC)NCC2(c3ccccc3F)CC2)s1.I. The van der Waals surface area contributed by atoms with Gasteiger partial charge in [0.05, 0.1) is 6.54 Å². The summed E-state index contributed by atoms with van der Waals surface area (Å²) in [6.45, 7) is 3.46. The standard InChI is InChI=1S/C18H23FN4S.HI/c1-3-13-10-21-16(24-13)11-22-17(20-2)23-12-18(8-9-18)14-6-4-5-7-15(14)19;/h4-7,10H,3,8-9,11-12H2,1-2H3,(H2,20,22,23);1H. The molecule has 1 saturated carbocycles. The minimum atomic E-state index is -0.116. The number of halogens is 2. The monoisotopic (exact) mass is 474 g/mol. The van der Waals surface area contributed by atoms with Crippen LogP contribution < -0.4 is 10.6 Å². The maximum atomic E-state index is 14.1. The van der Waals surface area contributed by atoms with Gasteiger partial charge in [0.1, 0.15) is 10.8 Å². The van der Waals surface area contributed by atoms with E-state index in [2.05, 4.69) is 27.5 Å². The third-order valence-corrected chi connectivity index (χ3v) is 5.62. The number of rotatable bonds is 6. The van der Waals surface area contributed by atoms with Crippen LogP contribution >= 0.6 is 35.3 Å². The van der Waals surface area contributed by atoms with Crippen LogP contribution in [0.2, 0.25) is 0 Å². The molecule has 0 aliphatic heterocycles. The van der Waals surface area contributed by atoms with Crippen molar-refractivity contribution in [1.82, 2.24) is 15.6 Å². The molecule has 0 bridgehead atoms. The summed E-state index contributed by atoms with van der Waals surface area (Å²) in [6.07, 6.45) is 4.94. The molecule has 0 unspecified atom stereocenters. The fourth-order valence-corrected chi connectivity index (χ4v) is 3.61. The Labute approximate surface area is 169 Å². The van der Waals surface area contributed by atoms with Gasteiger partial charge in [0.25, 0.3) is 0 Å². The van der Waals surface area contributed by atoms with Crippen LogP contribution in [0, 0.1) is 5.82 Å². The number of thiazole rings is 1. The van der Waals surface area contributed by atoms with Crippen molar-refractivity contribution >= 4 is 41.3 Å². The summed E-state index contributed by atoms with van der Waals surface area (Å²) in [4.78, 5) is 9.94. The van der Waals surface area contributed by atoms with E-state index < -0.39 is 0 Å². The number of guanidine groups is 1. The third-order valence-electron chi connectivity index (χ3n) is 4.47. The number of nitrogens with zero attached hydrogens (tertiary/aromatic N) is 2. The third kappa shape index (κ3) is 4.91. The molecule has 1 aromatic carbocycles. The largest absolute Gasteiger partial charge is 0.356 e. The number of aryl methyl sites for hydroxylation is 1. The highest BCUT2D eigenvalue weighted by Gasteiger charge is 2.45. The van der Waals surface area contributed by atoms with E-state index in [1.54, 1.807) is 24.5 Å². The Morgan fingerprint density at radius 3 is 2.68 bits per heavy atom. The predicted octanol–water partition coefficient (Wildman–Crippen LogP) is 3.86. The molecule has 1 aromatic heterocycles. The van der Waals surface area contributed by atoms with Gasteiger partial charge in [-0.15, -0.1) is 35.3 Å². The number of nitrogens with one attached hydrogen (secondary N) is 2. The van der Waals surface area contributed by atoms with Crippen molar-refractivity contribution < 1.29 is 4.39 Å². The zero-order valence-electron chi connectivity index (χ0n) is 14.5. The van der Waals surface area contributed by atoms with Crippen molar-refractivity contribution in [3.05, 3.63) is 51.7 Å². The van der Waals surface area contributed by atoms with Gasteiger partial charge >= 0.3 is 0 Å². The van der Waals surface area contributed by atoms with Crippen LogP contribution in [0.4, 0.5) is 4.39 Å². The van der Waals surface area contributed by atoms with Crippen LogP contribution in [-0.4, -0.2) is 24.5 Å². The molecule has 1 aliphatic rings. The molecule has 0 atom stereocenters. The van der Waals surface area contributed by atoms with Crippen molar-refractivity contribution in [2.45, 2.75) is 38.1 Å². The molecule has 25 heavy (non-hydrogen) atoms. The Morgan fingerprint density at radius 1 is 1.32 bits per heavy atom. The van der Waals surface area contributed by atoms with Crippen molar-refractivity contribution in [2.24, 2.45) is 4.99 Å². The summed E-state index contributed by atoms with van der Waals surface area (Å²) < 4.78 is 14.1. The Hall–Kier alpha value is -1.22. The van der Waals surface area contributed by atoms with Gasteiger partial charge in [0, 0.05) is 30.1 Å². The molecular weight excluding hydrogens is 450 g/mol. The first-order valence-electron chi connectivity index (χ1n) is 8.30. The Morgan fingerprint density at radius 2 is 2.08 bits per heavy atom. The first-order chi connectivity index (χ1) is 11.7. The van der Waals surface area contributed by atoms with Gasteiger partial charge in [-0.2, -0.15) is 0 Å². The van der Waals surface area contributed by atoms with Crippen molar-refractivity contribution in [2.75, 3.05) is 13.6 Å². The zero-order valence-corrected chi connectivity index (χ0v) is 17.7. The fourth-order valence-electron chi connectivity index (χ4n) is 2.81. The molecule has 4 nitrogen and oxygen atoms in total. The number of aromatic nitrogens is 1. The molecule has 0 spiro atoms. The van der Waals surface area contributed by atoms with Crippen LogP contribution in [0.15, 0.2) is 35.5 Å². The Balaban J connectivity index is 0.00000225. The predicted molar refractivity (Wildman–Crippen MR) is 112 cm³/mol. The molecular formula is C18H24FIN4S. The summed E-state index contributed by atoms with van der Waals surface area (Å²) in [5.41, 5.74) is 0.708. The van der Waals surface area contributed by atoms with E-state index in [1.165, 1.54) is 10.9 Å². The zero-order chi connectivity index (χ0) is 17.0. The van der Waals surface area contributed by atoms with Crippen LogP contribution in [0.25, 0.3) is 0 Å². The highest BCUT2D eigenvalue weighted by molar-refractivity contribution is 14.0. The van der Waals surface area contributed by atoms with E-state index in [9.17, 15) is 4.39 Å². The summed E-state index contributed by atoms with van der Waals surface area (Å²) in [5, 5.41) is 7.67. The van der Waals surface area contributed by atoms with Crippen LogP contribution in [0.5, 0.6) is 0 Å². The molecule has 2 N–H and O–H groups in total. The average Bonchev–Trinajstić information content (AvgIpc) is 3.24. The second-order valence-electron chi connectivity index (χ2n) is 6.11. The van der Waals surface area contributed by atoms with Gasteiger partial charge in [-0.25, -0.2) is 9.37 Å². The first kappa shape index (κ1) is 20.1. The van der Waals surface area contributed by atoms with Crippen LogP contribution in [-0.2, 0) is 18.4 Å². The van der Waals surface area contributed by atoms with Gasteiger partial charge in [-0.3, -0.25) is 4.99 Å². The molecule has 2 aromatic rings. The average molecular weight is 474 g/mol. The molecule has 0 amide bonds. The molecule has 7 heteroatoms. The Kier molecular flexibility index (Phi) is 7.18. The highest BCUT2D eigenvalue weighted by atomic mass is 127. The fraction of sp³-hybridized carbons (Fsp3) is 0.444. The van der Waals surface area contributed by atoms with Gasteiger partial charge in [0.15, 0.2) is 5.96 Å². The quantitative estimate of drug-likeness (QED) is 0.380. The maximum absolute atomic E-state index is 14.1. The molecule has 1 heterocycles. The van der Waals surface area contributed by atoms with Crippen LogP contribution in [0.1, 0.15) is 35.2 Å². The van der Waals surface area contributed by atoms with Gasteiger partial charge in [0.2, 0.25) is 0 Å². The number of hydrogen-bond donors (Lipinski definition) is 2. The summed E-state index contributed by atoms with van der Waals surface area (Å²) in [5.74, 6) is 0.612. The lowest BCUT2D eigenvalue weighted by Crippen LogP contribution is -2.41. The van der Waals surface area contributed by atoms with Crippen molar-refractivity contribution in [1.29, 1.82) is 0 Å². The highest BCUT2D eigenvalue weighted by Crippen LogP contribution is 2.48. The summed E-state index contributed by atoms with van der Waals surface area (Å²) in [7, 11) is 1.75. The van der Waals surface area contributed by atoms with E-state index in [-0.39, 0.29) is 35.2 Å². The summed E-state index contributed by atoms with van der Waals surface area (Å²) in [6, 6.07) is 7.07. The van der Waals surface area contributed by atoms with Gasteiger partial charge < -0.3 is 10.6 Å². The van der Waals surface area contributed by atoms with E-state index in [4.69, 9.17) is 0 Å². The first-order valence-corrected chi connectivity index (χ1v) is 9.11. The van der Waals surface area contributed by atoms with Crippen molar-refractivity contribution in [3.8, 4) is 0 Å². The topological polar surface area (TPSA) is 49.3 Å². The second-order valence-corrected chi connectivity index (χ2v) is 7.31. The second kappa shape index (κ2) is 8.93. The normalized spacial score (nSPS) is 15.4. The lowest BCUT2D eigenvalue weighted by Gasteiger charge is -2.19. The van der Waals surface area contributed by atoms with Crippen LogP contribution in [0.3, 0.4) is 0 Å². The van der Waals surface area contributed by atoms with Crippen molar-refractivity contribution in [3.63, 3.8) is 0 Å². The molecule has 136 valence electrons. The lowest BCUT2D eigenvalue weighted by atomic mass is 9.95. The molecule has 1 fully saturated rings. The smallest absolute Gasteiger partial charge is 0.191 e. The van der Waals surface area contributed by atoms with Gasteiger partial charge in [-0.05, 0) is 30.9 Å².